The number of halogens is 1. The van der Waals surface area contributed by atoms with Crippen molar-refractivity contribution in [3.8, 4) is 5.75 Å². The normalized spacial score (nSPS) is 11.6. The summed E-state index contributed by atoms with van der Waals surface area (Å²) in [5.41, 5.74) is 1.92. The Morgan fingerprint density at radius 2 is 1.45 bits per heavy atom. The average molecular weight is 465 g/mol. The summed E-state index contributed by atoms with van der Waals surface area (Å²) in [6.45, 7) is 3.93. The Morgan fingerprint density at radius 1 is 0.879 bits per heavy atom. The molecule has 1 N–H and O–H groups in total. The minimum Gasteiger partial charge on any atom is -0.484 e. The highest BCUT2D eigenvalue weighted by Crippen LogP contribution is 2.18. The van der Waals surface area contributed by atoms with E-state index in [0.717, 1.165) is 11.1 Å². The predicted octanol–water partition coefficient (Wildman–Crippen LogP) is 4.88. The van der Waals surface area contributed by atoms with Gasteiger partial charge < -0.3 is 15.0 Å². The van der Waals surface area contributed by atoms with Gasteiger partial charge in [0.25, 0.3) is 5.91 Å². The molecule has 0 aromatic heterocycles. The third kappa shape index (κ3) is 7.65. The molecule has 1 unspecified atom stereocenters. The molecule has 3 rings (SSSR count). The third-order valence-corrected chi connectivity index (χ3v) is 5.33. The van der Waals surface area contributed by atoms with Gasteiger partial charge in [-0.3, -0.25) is 9.59 Å². The number of ether oxygens (including phenoxy) is 1. The van der Waals surface area contributed by atoms with Gasteiger partial charge in [0.2, 0.25) is 5.91 Å². The van der Waals surface area contributed by atoms with Crippen LogP contribution in [0.15, 0.2) is 84.9 Å². The monoisotopic (exact) mass is 464 g/mol. The van der Waals surface area contributed by atoms with E-state index in [-0.39, 0.29) is 24.5 Å². The van der Waals surface area contributed by atoms with E-state index in [0.29, 0.717) is 23.7 Å². The molecule has 0 heterocycles. The van der Waals surface area contributed by atoms with Crippen molar-refractivity contribution in [3.63, 3.8) is 0 Å². The van der Waals surface area contributed by atoms with E-state index in [9.17, 15) is 9.59 Å². The van der Waals surface area contributed by atoms with Crippen molar-refractivity contribution in [2.24, 2.45) is 0 Å². The van der Waals surface area contributed by atoms with E-state index in [1.54, 1.807) is 29.2 Å². The van der Waals surface area contributed by atoms with Gasteiger partial charge in [-0.1, -0.05) is 72.3 Å². The van der Waals surface area contributed by atoms with Crippen LogP contribution in [-0.2, 0) is 22.6 Å². The number of hydrogen-bond acceptors (Lipinski definition) is 3. The van der Waals surface area contributed by atoms with Crippen LogP contribution in [0.5, 0.6) is 5.75 Å². The van der Waals surface area contributed by atoms with Crippen LogP contribution in [0.25, 0.3) is 0 Å². The van der Waals surface area contributed by atoms with Crippen molar-refractivity contribution in [2.45, 2.75) is 38.9 Å². The van der Waals surface area contributed by atoms with E-state index < -0.39 is 6.04 Å². The molecule has 0 fully saturated rings. The first-order chi connectivity index (χ1) is 15.9. The van der Waals surface area contributed by atoms with Crippen LogP contribution in [0.4, 0.5) is 0 Å². The number of carbonyl (C=O) groups excluding carboxylic acids is 2. The van der Waals surface area contributed by atoms with Crippen molar-refractivity contribution in [1.82, 2.24) is 10.2 Å². The molecule has 0 bridgehead atoms. The van der Waals surface area contributed by atoms with Crippen LogP contribution < -0.4 is 10.1 Å². The summed E-state index contributed by atoms with van der Waals surface area (Å²) >= 11 is 5.93. The smallest absolute Gasteiger partial charge is 0.261 e. The number of nitrogens with one attached hydrogen (secondary N) is 1. The van der Waals surface area contributed by atoms with E-state index in [4.69, 9.17) is 16.3 Å². The van der Waals surface area contributed by atoms with Gasteiger partial charge in [-0.05, 0) is 49.2 Å². The Labute approximate surface area is 200 Å². The SMILES string of the molecule is CC(C)NC(=O)C(Cc1ccccc1)N(Cc1ccccc1)C(=O)COc1ccc(Cl)cc1. The topological polar surface area (TPSA) is 58.6 Å². The maximum absolute atomic E-state index is 13.4. The quantitative estimate of drug-likeness (QED) is 0.465. The Morgan fingerprint density at radius 3 is 2.03 bits per heavy atom. The fourth-order valence-electron chi connectivity index (χ4n) is 3.47. The Balaban J connectivity index is 1.87. The van der Waals surface area contributed by atoms with Crippen LogP contribution in [0.3, 0.4) is 0 Å². The number of hydrogen-bond donors (Lipinski definition) is 1. The van der Waals surface area contributed by atoms with Gasteiger partial charge in [-0.15, -0.1) is 0 Å². The van der Waals surface area contributed by atoms with Gasteiger partial charge in [0.05, 0.1) is 0 Å². The number of carbonyl (C=O) groups is 2. The largest absolute Gasteiger partial charge is 0.484 e. The van der Waals surface area contributed by atoms with Gasteiger partial charge in [0.1, 0.15) is 11.8 Å². The maximum atomic E-state index is 13.4. The molecule has 6 heteroatoms. The summed E-state index contributed by atoms with van der Waals surface area (Å²) in [5, 5.41) is 3.57. The van der Waals surface area contributed by atoms with Crippen molar-refractivity contribution in [1.29, 1.82) is 0 Å². The Hall–Kier alpha value is -3.31. The first-order valence-corrected chi connectivity index (χ1v) is 11.4. The third-order valence-electron chi connectivity index (χ3n) is 5.07. The van der Waals surface area contributed by atoms with Crippen molar-refractivity contribution in [3.05, 3.63) is 101 Å². The average Bonchev–Trinajstić information content (AvgIpc) is 2.81. The standard InChI is InChI=1S/C27H29ClN2O3/c1-20(2)29-27(32)25(17-21-9-5-3-6-10-21)30(18-22-11-7-4-8-12-22)26(31)19-33-24-15-13-23(28)14-16-24/h3-16,20,25H,17-19H2,1-2H3,(H,29,32). The minimum absolute atomic E-state index is 0.0465. The first kappa shape index (κ1) is 24.3. The lowest BCUT2D eigenvalue weighted by Gasteiger charge is -2.32. The van der Waals surface area contributed by atoms with E-state index in [1.807, 2.05) is 74.5 Å². The van der Waals surface area contributed by atoms with Gasteiger partial charge in [0, 0.05) is 24.0 Å². The summed E-state index contributed by atoms with van der Waals surface area (Å²) in [7, 11) is 0. The Kier molecular flexibility index (Phi) is 8.90. The van der Waals surface area contributed by atoms with Crippen LogP contribution in [0.2, 0.25) is 5.02 Å². The number of nitrogens with zero attached hydrogens (tertiary/aromatic N) is 1. The zero-order valence-electron chi connectivity index (χ0n) is 18.9. The summed E-state index contributed by atoms with van der Waals surface area (Å²) in [4.78, 5) is 28.3. The molecule has 0 aliphatic carbocycles. The number of rotatable bonds is 10. The molecular weight excluding hydrogens is 436 g/mol. The summed E-state index contributed by atoms with van der Waals surface area (Å²) in [6.07, 6.45) is 0.402. The van der Waals surface area contributed by atoms with Crippen molar-refractivity contribution < 1.29 is 14.3 Å². The first-order valence-electron chi connectivity index (χ1n) is 11.0. The lowest BCUT2D eigenvalue weighted by Crippen LogP contribution is -2.52. The number of amides is 2. The molecule has 0 aliphatic rings. The minimum atomic E-state index is -0.684. The van der Waals surface area contributed by atoms with E-state index in [2.05, 4.69) is 5.32 Å². The van der Waals surface area contributed by atoms with Crippen LogP contribution >= 0.6 is 11.6 Å². The van der Waals surface area contributed by atoms with Crippen LogP contribution in [0.1, 0.15) is 25.0 Å². The molecule has 3 aromatic rings. The second-order valence-electron chi connectivity index (χ2n) is 8.12. The summed E-state index contributed by atoms with van der Waals surface area (Å²) < 4.78 is 5.72. The zero-order valence-corrected chi connectivity index (χ0v) is 19.7. The van der Waals surface area contributed by atoms with Crippen LogP contribution in [0, 0.1) is 0 Å². The zero-order chi connectivity index (χ0) is 23.6. The van der Waals surface area contributed by atoms with Crippen molar-refractivity contribution >= 4 is 23.4 Å². The molecule has 3 aromatic carbocycles. The molecule has 0 radical (unpaired) electrons. The highest BCUT2D eigenvalue weighted by atomic mass is 35.5. The Bertz CT molecular complexity index is 1020. The molecule has 1 atom stereocenters. The van der Waals surface area contributed by atoms with Gasteiger partial charge in [0.15, 0.2) is 6.61 Å². The van der Waals surface area contributed by atoms with Crippen molar-refractivity contribution in [2.75, 3.05) is 6.61 Å². The molecule has 0 saturated heterocycles. The van der Waals surface area contributed by atoms with Crippen LogP contribution in [-0.4, -0.2) is 35.4 Å². The second-order valence-corrected chi connectivity index (χ2v) is 8.56. The maximum Gasteiger partial charge on any atom is 0.261 e. The summed E-state index contributed by atoms with van der Waals surface area (Å²) in [6, 6.07) is 25.5. The lowest BCUT2D eigenvalue weighted by atomic mass is 10.0. The fourth-order valence-corrected chi connectivity index (χ4v) is 3.60. The van der Waals surface area contributed by atoms with E-state index in [1.165, 1.54) is 0 Å². The van der Waals surface area contributed by atoms with Gasteiger partial charge in [-0.2, -0.15) is 0 Å². The molecule has 0 spiro atoms. The predicted molar refractivity (Wildman–Crippen MR) is 131 cm³/mol. The molecule has 172 valence electrons. The van der Waals surface area contributed by atoms with Gasteiger partial charge >= 0.3 is 0 Å². The second kappa shape index (κ2) is 12.1. The summed E-state index contributed by atoms with van der Waals surface area (Å²) in [5.74, 6) is 0.0805. The van der Waals surface area contributed by atoms with Gasteiger partial charge in [-0.25, -0.2) is 0 Å². The fraction of sp³-hybridized carbons (Fsp3) is 0.259. The molecule has 0 aliphatic heterocycles. The molecule has 0 saturated carbocycles. The lowest BCUT2D eigenvalue weighted by molar-refractivity contribution is -0.143. The molecular formula is C27H29ClN2O3. The molecule has 2 amide bonds. The number of benzene rings is 3. The highest BCUT2D eigenvalue weighted by molar-refractivity contribution is 6.30. The van der Waals surface area contributed by atoms with E-state index >= 15 is 0 Å². The molecule has 5 nitrogen and oxygen atoms in total. The molecule has 33 heavy (non-hydrogen) atoms. The highest BCUT2D eigenvalue weighted by Gasteiger charge is 2.31.